The van der Waals surface area contributed by atoms with Crippen LogP contribution in [0.1, 0.15) is 56.4 Å². The van der Waals surface area contributed by atoms with Gasteiger partial charge in [-0.25, -0.2) is 0 Å². The Bertz CT molecular complexity index is 452. The Morgan fingerprint density at radius 3 is 2.37 bits per heavy atom. The molecule has 1 aromatic rings. The van der Waals surface area contributed by atoms with E-state index in [0.717, 1.165) is 11.8 Å². The number of hydrogen-bond acceptors (Lipinski definition) is 2. The van der Waals surface area contributed by atoms with Gasteiger partial charge in [-0.1, -0.05) is 44.2 Å². The molecule has 1 aromatic carbocycles. The van der Waals surface area contributed by atoms with Crippen LogP contribution in [0.25, 0.3) is 0 Å². The number of nitro benzene ring substituents is 1. The first-order valence-corrected chi connectivity index (χ1v) is 7.50. The van der Waals surface area contributed by atoms with E-state index in [2.05, 4.69) is 0 Å². The monoisotopic (exact) mass is 259 g/mol. The molecular weight excluding hydrogens is 238 g/mol. The van der Waals surface area contributed by atoms with Gasteiger partial charge < -0.3 is 0 Å². The van der Waals surface area contributed by atoms with Crippen molar-refractivity contribution in [1.29, 1.82) is 0 Å². The molecule has 2 aliphatic rings. The van der Waals surface area contributed by atoms with E-state index in [-0.39, 0.29) is 10.6 Å². The molecule has 3 rings (SSSR count). The molecule has 0 aliphatic heterocycles. The smallest absolute Gasteiger partial charge is 0.258 e. The summed E-state index contributed by atoms with van der Waals surface area (Å²) in [6.45, 7) is 0. The second-order valence-electron chi connectivity index (χ2n) is 6.09. The van der Waals surface area contributed by atoms with Gasteiger partial charge in [0.05, 0.1) is 4.92 Å². The third kappa shape index (κ3) is 2.51. The zero-order valence-corrected chi connectivity index (χ0v) is 11.3. The zero-order chi connectivity index (χ0) is 13.2. The minimum Gasteiger partial charge on any atom is -0.258 e. The molecule has 102 valence electrons. The van der Waals surface area contributed by atoms with Crippen LogP contribution >= 0.6 is 0 Å². The van der Waals surface area contributed by atoms with Gasteiger partial charge in [-0.15, -0.1) is 0 Å². The lowest BCUT2D eigenvalue weighted by atomic mass is 9.64. The Balaban J connectivity index is 1.81. The minimum absolute atomic E-state index is 0.208. The topological polar surface area (TPSA) is 43.1 Å². The van der Waals surface area contributed by atoms with E-state index in [9.17, 15) is 10.1 Å². The van der Waals surface area contributed by atoms with Crippen molar-refractivity contribution in [1.82, 2.24) is 0 Å². The van der Waals surface area contributed by atoms with Gasteiger partial charge in [0.25, 0.3) is 5.69 Å². The fourth-order valence-corrected chi connectivity index (χ4v) is 4.20. The standard InChI is InChI=1S/C16H21NO2/c18-17(19)14-10-8-13(9-11-14)16-7-3-5-12-4-1-2-6-15(12)16/h8-12,15-16H,1-7H2. The number of nitrogens with zero attached hydrogens (tertiary/aromatic N) is 1. The molecule has 2 fully saturated rings. The number of non-ortho nitro benzene ring substituents is 1. The fraction of sp³-hybridized carbons (Fsp3) is 0.625. The first-order valence-electron chi connectivity index (χ1n) is 7.50. The SMILES string of the molecule is O=[N+]([O-])c1ccc(C2CCCC3CCCCC32)cc1. The van der Waals surface area contributed by atoms with Crippen LogP contribution in [0.15, 0.2) is 24.3 Å². The molecule has 2 aliphatic carbocycles. The maximum Gasteiger partial charge on any atom is 0.269 e. The number of benzene rings is 1. The predicted molar refractivity (Wildman–Crippen MR) is 75.1 cm³/mol. The van der Waals surface area contributed by atoms with E-state index >= 15 is 0 Å². The molecule has 0 bridgehead atoms. The van der Waals surface area contributed by atoms with Crippen LogP contribution < -0.4 is 0 Å². The molecule has 0 N–H and O–H groups in total. The maximum absolute atomic E-state index is 10.7. The predicted octanol–water partition coefficient (Wildman–Crippen LogP) is 4.67. The van der Waals surface area contributed by atoms with Crippen molar-refractivity contribution in [3.8, 4) is 0 Å². The summed E-state index contributed by atoms with van der Waals surface area (Å²) in [4.78, 5) is 10.4. The first-order chi connectivity index (χ1) is 9.25. The summed E-state index contributed by atoms with van der Waals surface area (Å²) in [5.41, 5.74) is 1.53. The second kappa shape index (κ2) is 5.32. The molecule has 0 radical (unpaired) electrons. The summed E-state index contributed by atoms with van der Waals surface area (Å²) >= 11 is 0. The second-order valence-corrected chi connectivity index (χ2v) is 6.09. The Kier molecular flexibility index (Phi) is 3.54. The van der Waals surface area contributed by atoms with Crippen molar-refractivity contribution in [3.05, 3.63) is 39.9 Å². The molecule has 2 saturated carbocycles. The van der Waals surface area contributed by atoms with Gasteiger partial charge >= 0.3 is 0 Å². The lowest BCUT2D eigenvalue weighted by molar-refractivity contribution is -0.384. The molecule has 3 atom stereocenters. The summed E-state index contributed by atoms with van der Waals surface area (Å²) < 4.78 is 0. The van der Waals surface area contributed by atoms with Gasteiger partial charge in [0.15, 0.2) is 0 Å². The highest BCUT2D eigenvalue weighted by Crippen LogP contribution is 2.48. The molecule has 3 nitrogen and oxygen atoms in total. The third-order valence-electron chi connectivity index (χ3n) is 5.11. The van der Waals surface area contributed by atoms with Gasteiger partial charge in [0, 0.05) is 12.1 Å². The van der Waals surface area contributed by atoms with E-state index in [1.54, 1.807) is 12.1 Å². The third-order valence-corrected chi connectivity index (χ3v) is 5.11. The molecule has 0 aromatic heterocycles. The summed E-state index contributed by atoms with van der Waals surface area (Å²) in [7, 11) is 0. The average Bonchev–Trinajstić information content (AvgIpc) is 2.47. The van der Waals surface area contributed by atoms with Gasteiger partial charge in [-0.05, 0) is 36.2 Å². The number of fused-ring (bicyclic) bond motifs is 1. The van der Waals surface area contributed by atoms with E-state index < -0.39 is 0 Å². The van der Waals surface area contributed by atoms with Gasteiger partial charge in [-0.2, -0.15) is 0 Å². The average molecular weight is 259 g/mol. The van der Waals surface area contributed by atoms with E-state index in [1.807, 2.05) is 12.1 Å². The molecule has 3 heteroatoms. The van der Waals surface area contributed by atoms with Crippen LogP contribution in [-0.4, -0.2) is 4.92 Å². The molecule has 0 heterocycles. The Morgan fingerprint density at radius 1 is 0.947 bits per heavy atom. The highest BCUT2D eigenvalue weighted by molar-refractivity contribution is 5.35. The van der Waals surface area contributed by atoms with Crippen molar-refractivity contribution < 1.29 is 4.92 Å². The van der Waals surface area contributed by atoms with Crippen LogP contribution in [0, 0.1) is 22.0 Å². The van der Waals surface area contributed by atoms with Crippen LogP contribution in [0.5, 0.6) is 0 Å². The van der Waals surface area contributed by atoms with Gasteiger partial charge in [0.2, 0.25) is 0 Å². The Morgan fingerprint density at radius 2 is 1.63 bits per heavy atom. The quantitative estimate of drug-likeness (QED) is 0.572. The number of hydrogen-bond donors (Lipinski definition) is 0. The van der Waals surface area contributed by atoms with Crippen molar-refractivity contribution >= 4 is 5.69 Å². The lowest BCUT2D eigenvalue weighted by Crippen LogP contribution is -2.29. The molecule has 0 spiro atoms. The molecule has 0 saturated heterocycles. The van der Waals surface area contributed by atoms with Crippen molar-refractivity contribution in [2.24, 2.45) is 11.8 Å². The summed E-state index contributed by atoms with van der Waals surface area (Å²) in [6, 6.07) is 7.31. The molecule has 0 amide bonds. The van der Waals surface area contributed by atoms with E-state index in [4.69, 9.17) is 0 Å². The summed E-state index contributed by atoms with van der Waals surface area (Å²) in [6.07, 6.45) is 9.50. The summed E-state index contributed by atoms with van der Waals surface area (Å²) in [5, 5.41) is 10.7. The maximum atomic E-state index is 10.7. The van der Waals surface area contributed by atoms with Crippen LogP contribution in [0.3, 0.4) is 0 Å². The highest BCUT2D eigenvalue weighted by atomic mass is 16.6. The summed E-state index contributed by atoms with van der Waals surface area (Å²) in [5.74, 6) is 2.37. The molecular formula is C16H21NO2. The van der Waals surface area contributed by atoms with Crippen molar-refractivity contribution in [2.75, 3.05) is 0 Å². The Hall–Kier alpha value is -1.38. The lowest BCUT2D eigenvalue weighted by Gasteiger charge is -2.41. The van der Waals surface area contributed by atoms with E-state index in [0.29, 0.717) is 5.92 Å². The fourth-order valence-electron chi connectivity index (χ4n) is 4.20. The van der Waals surface area contributed by atoms with Crippen LogP contribution in [0.2, 0.25) is 0 Å². The highest BCUT2D eigenvalue weighted by Gasteiger charge is 2.35. The number of rotatable bonds is 2. The Labute approximate surface area is 114 Å². The number of nitro groups is 1. The first kappa shape index (κ1) is 12.6. The minimum atomic E-state index is -0.311. The zero-order valence-electron chi connectivity index (χ0n) is 11.3. The normalized spacial score (nSPS) is 30.6. The van der Waals surface area contributed by atoms with Crippen LogP contribution in [0.4, 0.5) is 5.69 Å². The van der Waals surface area contributed by atoms with Crippen LogP contribution in [-0.2, 0) is 0 Å². The largest absolute Gasteiger partial charge is 0.269 e. The van der Waals surface area contributed by atoms with Gasteiger partial charge in [0.1, 0.15) is 0 Å². The van der Waals surface area contributed by atoms with Crippen molar-refractivity contribution in [2.45, 2.75) is 50.9 Å². The van der Waals surface area contributed by atoms with Crippen molar-refractivity contribution in [3.63, 3.8) is 0 Å². The van der Waals surface area contributed by atoms with Gasteiger partial charge in [-0.3, -0.25) is 10.1 Å². The van der Waals surface area contributed by atoms with E-state index in [1.165, 1.54) is 50.5 Å². The molecule has 19 heavy (non-hydrogen) atoms. The molecule has 3 unspecified atom stereocenters.